The van der Waals surface area contributed by atoms with Gasteiger partial charge >= 0.3 is 5.66 Å². The van der Waals surface area contributed by atoms with E-state index in [1.807, 2.05) is 31.2 Å². The van der Waals surface area contributed by atoms with Crippen LogP contribution in [0.15, 0.2) is 48.7 Å². The van der Waals surface area contributed by atoms with Crippen LogP contribution in [0.3, 0.4) is 0 Å². The molecule has 0 spiro atoms. The molecule has 0 saturated carbocycles. The minimum Gasteiger partial charge on any atom is -0.806 e. The molecule has 0 aliphatic rings. The lowest BCUT2D eigenvalue weighted by atomic mass is 9.99. The summed E-state index contributed by atoms with van der Waals surface area (Å²) in [7, 11) is -4.88. The van der Waals surface area contributed by atoms with Gasteiger partial charge in [0.2, 0.25) is 5.78 Å². The molecular weight excluding hydrogens is 479 g/mol. The number of ether oxygens (including phenoxy) is 1. The number of nitrogens with zero attached hydrogens (tertiary/aromatic N) is 2. The number of aromatic nitrogens is 2. The summed E-state index contributed by atoms with van der Waals surface area (Å²) in [6.45, 7) is 2.00. The van der Waals surface area contributed by atoms with E-state index < -0.39 is 24.6 Å². The van der Waals surface area contributed by atoms with Gasteiger partial charge in [-0.3, -0.25) is 9.78 Å². The lowest BCUT2D eigenvalue weighted by Crippen LogP contribution is -2.38. The number of carbonyl (C=O) groups is 1. The van der Waals surface area contributed by atoms with Gasteiger partial charge in [0, 0.05) is 30.1 Å². The van der Waals surface area contributed by atoms with E-state index in [2.05, 4.69) is 9.97 Å². The van der Waals surface area contributed by atoms with Crippen molar-refractivity contribution < 1.29 is 32.7 Å². The number of hydrogen-bond donors (Lipinski definition) is 1. The number of hydrogen-bond acceptors (Lipinski definition) is 8. The molecule has 0 aliphatic carbocycles. The second-order valence-electron chi connectivity index (χ2n) is 8.13. The van der Waals surface area contributed by atoms with Crippen molar-refractivity contribution in [2.75, 3.05) is 12.8 Å². The highest BCUT2D eigenvalue weighted by Gasteiger charge is 2.43. The Kier molecular flexibility index (Phi) is 6.31. The number of halogens is 2. The summed E-state index contributed by atoms with van der Waals surface area (Å²) in [4.78, 5) is 42.3. The molecule has 0 aliphatic heterocycles. The van der Waals surface area contributed by atoms with Crippen LogP contribution in [0.5, 0.6) is 5.75 Å². The average Bonchev–Trinajstić information content (AvgIpc) is 2.81. The fraction of sp³-hybridized carbons (Fsp3) is 0.208. The molecule has 182 valence electrons. The first kappa shape index (κ1) is 24.7. The molecule has 2 aromatic heterocycles. The van der Waals surface area contributed by atoms with E-state index in [-0.39, 0.29) is 11.3 Å². The molecule has 4 aromatic rings. The maximum absolute atomic E-state index is 13.8. The SMILES string of the molecule is COc1ccc(CCc2cnc3c(N)nc4cc(C(=O)C(F)(F)P(=O)([O-])[O-])ccc4c3c2)c(C)c1. The molecule has 8 nitrogen and oxygen atoms in total. The quantitative estimate of drug-likeness (QED) is 0.232. The number of rotatable bonds is 7. The van der Waals surface area contributed by atoms with Crippen LogP contribution in [0, 0.1) is 6.92 Å². The molecule has 0 bridgehead atoms. The number of nitrogens with two attached hydrogens (primary N) is 1. The Morgan fingerprint density at radius 3 is 2.51 bits per heavy atom. The van der Waals surface area contributed by atoms with E-state index in [1.165, 1.54) is 6.07 Å². The number of pyridine rings is 2. The highest BCUT2D eigenvalue weighted by molar-refractivity contribution is 7.51. The van der Waals surface area contributed by atoms with Gasteiger partial charge in [0.1, 0.15) is 11.3 Å². The third kappa shape index (κ3) is 4.60. The van der Waals surface area contributed by atoms with Gasteiger partial charge < -0.3 is 24.8 Å². The van der Waals surface area contributed by atoms with Crippen molar-refractivity contribution in [1.29, 1.82) is 0 Å². The summed E-state index contributed by atoms with van der Waals surface area (Å²) in [5.41, 5.74) is 3.88. The molecule has 0 amide bonds. The van der Waals surface area contributed by atoms with Crippen molar-refractivity contribution in [2.45, 2.75) is 25.4 Å². The van der Waals surface area contributed by atoms with Gasteiger partial charge in [0.15, 0.2) is 5.82 Å². The first-order chi connectivity index (χ1) is 16.4. The molecular formula is C24H20F2N3O5P-2. The molecule has 35 heavy (non-hydrogen) atoms. The molecule has 0 atom stereocenters. The zero-order chi connectivity index (χ0) is 25.5. The third-order valence-electron chi connectivity index (χ3n) is 5.83. The maximum Gasteiger partial charge on any atom is 0.333 e. The van der Waals surface area contributed by atoms with Crippen LogP contribution < -0.4 is 20.3 Å². The number of fused-ring (bicyclic) bond motifs is 3. The predicted octanol–water partition coefficient (Wildman–Crippen LogP) is 3.16. The average molecular weight is 499 g/mol. The van der Waals surface area contributed by atoms with E-state index in [1.54, 1.807) is 13.3 Å². The van der Waals surface area contributed by atoms with E-state index in [0.717, 1.165) is 41.0 Å². The van der Waals surface area contributed by atoms with E-state index in [4.69, 9.17) is 10.5 Å². The number of benzene rings is 2. The lowest BCUT2D eigenvalue weighted by Gasteiger charge is -2.36. The molecule has 2 aromatic carbocycles. The summed E-state index contributed by atoms with van der Waals surface area (Å²) >= 11 is 0. The Balaban J connectivity index is 1.71. The molecule has 2 N–H and O–H groups in total. The van der Waals surface area contributed by atoms with Crippen molar-refractivity contribution in [1.82, 2.24) is 9.97 Å². The van der Waals surface area contributed by atoms with E-state index >= 15 is 0 Å². The van der Waals surface area contributed by atoms with Crippen LogP contribution >= 0.6 is 7.60 Å². The molecule has 11 heteroatoms. The summed E-state index contributed by atoms with van der Waals surface area (Å²) in [6.07, 6.45) is 3.08. The van der Waals surface area contributed by atoms with Crippen molar-refractivity contribution in [2.24, 2.45) is 0 Å². The van der Waals surface area contributed by atoms with Crippen molar-refractivity contribution >= 4 is 41.0 Å². The largest absolute Gasteiger partial charge is 0.806 e. The number of anilines is 1. The van der Waals surface area contributed by atoms with Gasteiger partial charge in [0.25, 0.3) is 0 Å². The number of Topliss-reactive ketones (excluding diaryl/α,β-unsaturated/α-hetero) is 1. The number of aryl methyl sites for hydroxylation is 3. The number of carbonyl (C=O) groups excluding carboxylic acids is 1. The Morgan fingerprint density at radius 2 is 1.86 bits per heavy atom. The van der Waals surface area contributed by atoms with Crippen LogP contribution in [0.1, 0.15) is 27.0 Å². The predicted molar refractivity (Wildman–Crippen MR) is 123 cm³/mol. The van der Waals surface area contributed by atoms with Crippen LogP contribution in [-0.2, 0) is 17.4 Å². The molecule has 2 heterocycles. The highest BCUT2D eigenvalue weighted by atomic mass is 31.2. The molecule has 0 radical (unpaired) electrons. The lowest BCUT2D eigenvalue weighted by molar-refractivity contribution is -0.329. The first-order valence-corrected chi connectivity index (χ1v) is 12.0. The van der Waals surface area contributed by atoms with Gasteiger partial charge in [-0.05, 0) is 60.7 Å². The smallest absolute Gasteiger partial charge is 0.333 e. The minimum atomic E-state index is -6.49. The minimum absolute atomic E-state index is 0.0136. The number of ketones is 1. The van der Waals surface area contributed by atoms with Gasteiger partial charge in [-0.2, -0.15) is 8.78 Å². The topological polar surface area (TPSA) is 141 Å². The standard InChI is InChI=1S/C24H22F2N3O5P/c1-13-9-17(34-2)7-5-15(13)4-3-14-10-19-18-8-6-16(22(30)24(25,26)35(31,32)33)11-20(18)29-23(27)21(19)28-12-14/h5-12H,3-4H2,1-2H3,(H2,27,29)(H2,31,32,33)/p-2. The van der Waals surface area contributed by atoms with Gasteiger partial charge in [-0.25, -0.2) is 4.98 Å². The van der Waals surface area contributed by atoms with Gasteiger partial charge in [-0.15, -0.1) is 0 Å². The summed E-state index contributed by atoms with van der Waals surface area (Å²) in [6, 6.07) is 11.1. The monoisotopic (exact) mass is 499 g/mol. The van der Waals surface area contributed by atoms with Gasteiger partial charge in [0.05, 0.1) is 12.6 Å². The summed E-state index contributed by atoms with van der Waals surface area (Å²) < 4.78 is 43.7. The second kappa shape index (κ2) is 8.96. The van der Waals surface area contributed by atoms with Crippen molar-refractivity contribution in [3.63, 3.8) is 0 Å². The maximum atomic E-state index is 13.8. The van der Waals surface area contributed by atoms with Gasteiger partial charge in [-0.1, -0.05) is 18.2 Å². The summed E-state index contributed by atoms with van der Waals surface area (Å²) in [5.74, 6) is -1.33. The fourth-order valence-corrected chi connectivity index (χ4v) is 4.26. The van der Waals surface area contributed by atoms with Crippen LogP contribution in [0.25, 0.3) is 21.8 Å². The second-order valence-corrected chi connectivity index (χ2v) is 9.69. The Labute approximate surface area is 198 Å². The molecule has 4 rings (SSSR count). The van der Waals surface area contributed by atoms with Crippen LogP contribution in [0.4, 0.5) is 14.6 Å². The number of methoxy groups -OCH3 is 1. The van der Waals surface area contributed by atoms with Crippen molar-refractivity contribution in [3.05, 3.63) is 70.9 Å². The van der Waals surface area contributed by atoms with Crippen molar-refractivity contribution in [3.8, 4) is 5.75 Å². The highest BCUT2D eigenvalue weighted by Crippen LogP contribution is 2.47. The summed E-state index contributed by atoms with van der Waals surface area (Å²) in [5, 5.41) is 1.08. The zero-order valence-corrected chi connectivity index (χ0v) is 19.6. The first-order valence-electron chi connectivity index (χ1n) is 10.5. The normalized spacial score (nSPS) is 12.3. The van der Waals surface area contributed by atoms with Crippen LogP contribution in [0.2, 0.25) is 0 Å². The molecule has 0 saturated heterocycles. The Hall–Kier alpha value is -3.46. The Bertz CT molecular complexity index is 1520. The molecule has 0 fully saturated rings. The fourth-order valence-electron chi connectivity index (χ4n) is 3.88. The number of nitrogen functional groups attached to an aromatic ring is 1. The van der Waals surface area contributed by atoms with E-state index in [0.29, 0.717) is 22.7 Å². The molecule has 0 unspecified atom stereocenters. The van der Waals surface area contributed by atoms with Crippen LogP contribution in [-0.4, -0.2) is 28.5 Å². The third-order valence-corrected chi connectivity index (χ3v) is 6.72. The number of alkyl halides is 2. The van der Waals surface area contributed by atoms with E-state index in [9.17, 15) is 27.9 Å². The Morgan fingerprint density at radius 1 is 1.11 bits per heavy atom. The zero-order valence-electron chi connectivity index (χ0n) is 18.7.